The van der Waals surface area contributed by atoms with Crippen molar-refractivity contribution in [3.05, 3.63) is 0 Å². The Morgan fingerprint density at radius 1 is 1.23 bits per heavy atom. The van der Waals surface area contributed by atoms with Gasteiger partial charge in [0.05, 0.1) is 5.41 Å². The minimum atomic E-state index is -0.592. The van der Waals surface area contributed by atoms with E-state index in [1.54, 1.807) is 0 Å². The Morgan fingerprint density at radius 3 is 2.00 bits per heavy atom. The molecule has 0 amide bonds. The van der Waals surface area contributed by atoms with Gasteiger partial charge in [0, 0.05) is 0 Å². The lowest BCUT2D eigenvalue weighted by Crippen LogP contribution is -2.37. The topological polar surface area (TPSA) is 37.3 Å². The zero-order valence-electron chi connectivity index (χ0n) is 8.89. The molecule has 13 heavy (non-hydrogen) atoms. The molecule has 1 N–H and O–H groups in total. The van der Waals surface area contributed by atoms with Crippen molar-refractivity contribution in [2.75, 3.05) is 0 Å². The minimum absolute atomic E-state index is 0.355. The number of carbonyl (C=O) groups is 1. The van der Waals surface area contributed by atoms with Gasteiger partial charge in [-0.05, 0) is 37.5 Å². The first kappa shape index (κ1) is 10.6. The van der Waals surface area contributed by atoms with E-state index in [0.717, 1.165) is 32.1 Å². The highest BCUT2D eigenvalue weighted by Gasteiger charge is 2.42. The van der Waals surface area contributed by atoms with Gasteiger partial charge in [0.15, 0.2) is 0 Å². The van der Waals surface area contributed by atoms with Gasteiger partial charge in [0.1, 0.15) is 0 Å². The maximum atomic E-state index is 11.1. The fourth-order valence-corrected chi connectivity index (χ4v) is 2.12. The summed E-state index contributed by atoms with van der Waals surface area (Å²) in [5.74, 6) is -0.592. The summed E-state index contributed by atoms with van der Waals surface area (Å²) in [6.07, 6.45) is 4.58. The van der Waals surface area contributed by atoms with E-state index in [1.165, 1.54) is 0 Å². The van der Waals surface area contributed by atoms with Crippen LogP contribution < -0.4 is 0 Å². The quantitative estimate of drug-likeness (QED) is 0.716. The van der Waals surface area contributed by atoms with Crippen LogP contribution in [-0.4, -0.2) is 11.1 Å². The molecule has 0 radical (unpaired) electrons. The fourth-order valence-electron chi connectivity index (χ4n) is 2.12. The lowest BCUT2D eigenvalue weighted by molar-refractivity contribution is -0.152. The molecule has 0 saturated heterocycles. The Bertz CT molecular complexity index is 196. The maximum Gasteiger partial charge on any atom is 0.309 e. The second-order valence-corrected chi connectivity index (χ2v) is 5.10. The van der Waals surface area contributed by atoms with Gasteiger partial charge in [-0.1, -0.05) is 20.8 Å². The zero-order valence-corrected chi connectivity index (χ0v) is 8.89. The lowest BCUT2D eigenvalue weighted by atomic mass is 9.64. The number of carboxylic acid groups (broad SMARTS) is 1. The number of rotatable bonds is 2. The van der Waals surface area contributed by atoms with Crippen LogP contribution in [0.3, 0.4) is 0 Å². The van der Waals surface area contributed by atoms with Crippen molar-refractivity contribution in [1.82, 2.24) is 0 Å². The molecule has 1 saturated carbocycles. The summed E-state index contributed by atoms with van der Waals surface area (Å²) in [6.45, 7) is 6.45. The predicted molar refractivity (Wildman–Crippen MR) is 52.6 cm³/mol. The molecule has 0 unspecified atom stereocenters. The van der Waals surface area contributed by atoms with Gasteiger partial charge < -0.3 is 5.11 Å². The molecule has 1 fully saturated rings. The first-order chi connectivity index (χ1) is 5.92. The Morgan fingerprint density at radius 2 is 1.69 bits per heavy atom. The first-order valence-corrected chi connectivity index (χ1v) is 5.15. The molecule has 1 aliphatic rings. The summed E-state index contributed by atoms with van der Waals surface area (Å²) in [6, 6.07) is 0. The van der Waals surface area contributed by atoms with Crippen LogP contribution in [0.1, 0.15) is 52.9 Å². The normalized spacial score (nSPS) is 25.5. The van der Waals surface area contributed by atoms with Crippen molar-refractivity contribution in [3.63, 3.8) is 0 Å². The summed E-state index contributed by atoms with van der Waals surface area (Å²) in [7, 11) is 0. The highest BCUT2D eigenvalue weighted by molar-refractivity contribution is 5.74. The molecule has 2 nitrogen and oxygen atoms in total. The van der Waals surface area contributed by atoms with Crippen LogP contribution >= 0.6 is 0 Å². The standard InChI is InChI=1S/C11H20O2/c1-4-11(9(12)13)7-5-10(2,3)6-8-11/h4-8H2,1-3H3,(H,12,13). The van der Waals surface area contributed by atoms with Crippen molar-refractivity contribution in [2.24, 2.45) is 10.8 Å². The highest BCUT2D eigenvalue weighted by Crippen LogP contribution is 2.46. The van der Waals surface area contributed by atoms with E-state index in [4.69, 9.17) is 5.11 Å². The third-order valence-corrected chi connectivity index (χ3v) is 3.69. The Labute approximate surface area is 80.3 Å². The monoisotopic (exact) mass is 184 g/mol. The van der Waals surface area contributed by atoms with Crippen LogP contribution in [0.2, 0.25) is 0 Å². The second-order valence-electron chi connectivity index (χ2n) is 5.10. The third-order valence-electron chi connectivity index (χ3n) is 3.69. The van der Waals surface area contributed by atoms with Gasteiger partial charge in [-0.3, -0.25) is 4.79 Å². The Hall–Kier alpha value is -0.530. The maximum absolute atomic E-state index is 11.1. The average molecular weight is 184 g/mol. The molecular formula is C11H20O2. The van der Waals surface area contributed by atoms with Gasteiger partial charge in [0.25, 0.3) is 0 Å². The van der Waals surface area contributed by atoms with Gasteiger partial charge in [0.2, 0.25) is 0 Å². The molecule has 1 aliphatic carbocycles. The molecule has 1 rings (SSSR count). The third kappa shape index (κ3) is 2.04. The largest absolute Gasteiger partial charge is 0.481 e. The molecule has 0 heterocycles. The SMILES string of the molecule is CCC1(C(=O)O)CCC(C)(C)CC1. The molecule has 0 aliphatic heterocycles. The van der Waals surface area contributed by atoms with Crippen molar-refractivity contribution in [2.45, 2.75) is 52.9 Å². The van der Waals surface area contributed by atoms with Crippen LogP contribution in [-0.2, 0) is 4.79 Å². The summed E-state index contributed by atoms with van der Waals surface area (Å²) in [5, 5.41) is 9.16. The van der Waals surface area contributed by atoms with Crippen LogP contribution in [0.15, 0.2) is 0 Å². The van der Waals surface area contributed by atoms with Crippen molar-refractivity contribution >= 4 is 5.97 Å². The molecule has 0 aromatic heterocycles. The van der Waals surface area contributed by atoms with Crippen LogP contribution in [0.4, 0.5) is 0 Å². The molecule has 0 aromatic carbocycles. The van der Waals surface area contributed by atoms with E-state index in [9.17, 15) is 4.79 Å². The van der Waals surface area contributed by atoms with E-state index in [1.807, 2.05) is 6.92 Å². The van der Waals surface area contributed by atoms with Crippen molar-refractivity contribution in [1.29, 1.82) is 0 Å². The van der Waals surface area contributed by atoms with Gasteiger partial charge >= 0.3 is 5.97 Å². The fraction of sp³-hybridized carbons (Fsp3) is 0.909. The van der Waals surface area contributed by atoms with E-state index < -0.39 is 11.4 Å². The average Bonchev–Trinajstić information content (AvgIpc) is 2.05. The Kier molecular flexibility index (Phi) is 2.69. The molecule has 0 aromatic rings. The van der Waals surface area contributed by atoms with Crippen molar-refractivity contribution in [3.8, 4) is 0 Å². The summed E-state index contributed by atoms with van der Waals surface area (Å²) in [4.78, 5) is 11.1. The minimum Gasteiger partial charge on any atom is -0.481 e. The van der Waals surface area contributed by atoms with Crippen LogP contribution in [0.5, 0.6) is 0 Å². The predicted octanol–water partition coefficient (Wildman–Crippen LogP) is 3.07. The van der Waals surface area contributed by atoms with E-state index in [0.29, 0.717) is 5.41 Å². The summed E-state index contributed by atoms with van der Waals surface area (Å²) < 4.78 is 0. The van der Waals surface area contributed by atoms with E-state index in [2.05, 4.69) is 13.8 Å². The van der Waals surface area contributed by atoms with Gasteiger partial charge in [-0.25, -0.2) is 0 Å². The van der Waals surface area contributed by atoms with Crippen molar-refractivity contribution < 1.29 is 9.90 Å². The summed E-state index contributed by atoms with van der Waals surface area (Å²) >= 11 is 0. The second kappa shape index (κ2) is 3.32. The molecule has 76 valence electrons. The number of hydrogen-bond donors (Lipinski definition) is 1. The molecular weight excluding hydrogens is 164 g/mol. The first-order valence-electron chi connectivity index (χ1n) is 5.15. The van der Waals surface area contributed by atoms with Crippen LogP contribution in [0.25, 0.3) is 0 Å². The number of aliphatic carboxylic acids is 1. The molecule has 2 heteroatoms. The molecule has 0 spiro atoms. The lowest BCUT2D eigenvalue weighted by Gasteiger charge is -2.40. The summed E-state index contributed by atoms with van der Waals surface area (Å²) in [5.41, 5.74) is -0.0519. The van der Waals surface area contributed by atoms with Gasteiger partial charge in [-0.15, -0.1) is 0 Å². The highest BCUT2D eigenvalue weighted by atomic mass is 16.4. The van der Waals surface area contributed by atoms with E-state index in [-0.39, 0.29) is 0 Å². The van der Waals surface area contributed by atoms with Gasteiger partial charge in [-0.2, -0.15) is 0 Å². The molecule has 0 bridgehead atoms. The number of hydrogen-bond acceptors (Lipinski definition) is 1. The number of carboxylic acids is 1. The zero-order chi connectivity index (χ0) is 10.1. The van der Waals surface area contributed by atoms with E-state index >= 15 is 0 Å². The Balaban J connectivity index is 2.69. The van der Waals surface area contributed by atoms with Crippen LogP contribution in [0, 0.1) is 10.8 Å². The smallest absolute Gasteiger partial charge is 0.309 e. The molecule has 0 atom stereocenters.